The molecular weight excluding hydrogens is 248 g/mol. The first-order valence-corrected chi connectivity index (χ1v) is 6.33. The molecule has 3 atom stereocenters. The van der Waals surface area contributed by atoms with E-state index in [1.54, 1.807) is 6.92 Å². The fourth-order valence-electron chi connectivity index (χ4n) is 2.10. The van der Waals surface area contributed by atoms with Gasteiger partial charge in [-0.2, -0.15) is 4.89 Å². The van der Waals surface area contributed by atoms with Gasteiger partial charge < -0.3 is 9.84 Å². The minimum absolute atomic E-state index is 0.266. The summed E-state index contributed by atoms with van der Waals surface area (Å²) in [6.07, 6.45) is -0.0774. The first-order valence-electron chi connectivity index (χ1n) is 6.33. The highest BCUT2D eigenvalue weighted by Crippen LogP contribution is 2.38. The van der Waals surface area contributed by atoms with Gasteiger partial charge in [0.2, 0.25) is 5.79 Å². The summed E-state index contributed by atoms with van der Waals surface area (Å²) in [5.74, 6) is -2.92. The molecule has 19 heavy (non-hydrogen) atoms. The second-order valence-corrected chi connectivity index (χ2v) is 4.67. The van der Waals surface area contributed by atoms with Crippen molar-refractivity contribution in [2.45, 2.75) is 32.2 Å². The quantitative estimate of drug-likeness (QED) is 0.669. The number of hydrogen-bond acceptors (Lipinski definition) is 5. The molecule has 0 radical (unpaired) electrons. The van der Waals surface area contributed by atoms with Crippen LogP contribution in [0.2, 0.25) is 0 Å². The van der Waals surface area contributed by atoms with E-state index >= 15 is 0 Å². The molecule has 1 N–H and O–H groups in total. The second kappa shape index (κ2) is 5.69. The van der Waals surface area contributed by atoms with E-state index in [4.69, 9.17) is 14.5 Å². The van der Waals surface area contributed by atoms with E-state index in [1.165, 1.54) is 6.92 Å². The van der Waals surface area contributed by atoms with Gasteiger partial charge in [0.1, 0.15) is 12.0 Å². The number of ether oxygens (including phenoxy) is 1. The minimum atomic E-state index is -1.67. The molecule has 1 saturated heterocycles. The van der Waals surface area contributed by atoms with Gasteiger partial charge in [0.15, 0.2) is 0 Å². The Morgan fingerprint density at radius 1 is 1.47 bits per heavy atom. The Balaban J connectivity index is 2.14. The standard InChI is InChI=1S/C14H18O5/c1-3-17-13(15)11-9-12(18-19-14(11,2)16)10-7-5-4-6-8-10/h4-8,11-12,16H,3,9H2,1-2H3/t11-,12+,14-/m1/s1. The van der Waals surface area contributed by atoms with E-state index in [9.17, 15) is 9.90 Å². The average molecular weight is 266 g/mol. The maximum Gasteiger partial charge on any atom is 0.314 e. The molecule has 0 saturated carbocycles. The topological polar surface area (TPSA) is 65.0 Å². The fraction of sp³-hybridized carbons (Fsp3) is 0.500. The van der Waals surface area contributed by atoms with E-state index in [1.807, 2.05) is 30.3 Å². The van der Waals surface area contributed by atoms with Gasteiger partial charge in [0, 0.05) is 0 Å². The molecule has 1 heterocycles. The van der Waals surface area contributed by atoms with Crippen molar-refractivity contribution < 1.29 is 24.4 Å². The highest BCUT2D eigenvalue weighted by molar-refractivity contribution is 5.73. The van der Waals surface area contributed by atoms with Crippen molar-refractivity contribution in [2.75, 3.05) is 6.61 Å². The SMILES string of the molecule is CCOC(=O)[C@H]1C[C@@H](c2ccccc2)OO[C@@]1(C)O. The summed E-state index contributed by atoms with van der Waals surface area (Å²) in [5, 5.41) is 10.0. The van der Waals surface area contributed by atoms with Crippen LogP contribution in [0.5, 0.6) is 0 Å². The largest absolute Gasteiger partial charge is 0.466 e. The molecule has 0 spiro atoms. The zero-order valence-corrected chi connectivity index (χ0v) is 11.0. The molecule has 0 amide bonds. The normalized spacial score (nSPS) is 30.9. The molecule has 0 unspecified atom stereocenters. The van der Waals surface area contributed by atoms with Gasteiger partial charge in [-0.25, -0.2) is 4.89 Å². The summed E-state index contributed by atoms with van der Waals surface area (Å²) in [6, 6.07) is 9.42. The molecule has 104 valence electrons. The number of aliphatic hydroxyl groups is 1. The second-order valence-electron chi connectivity index (χ2n) is 4.67. The highest BCUT2D eigenvalue weighted by Gasteiger charge is 2.47. The molecule has 1 aliphatic heterocycles. The van der Waals surface area contributed by atoms with Crippen LogP contribution in [0, 0.1) is 5.92 Å². The van der Waals surface area contributed by atoms with Gasteiger partial charge in [0.25, 0.3) is 0 Å². The van der Waals surface area contributed by atoms with Crippen molar-refractivity contribution in [3.63, 3.8) is 0 Å². The summed E-state index contributed by atoms with van der Waals surface area (Å²) in [5.41, 5.74) is 0.896. The van der Waals surface area contributed by atoms with E-state index < -0.39 is 23.8 Å². The van der Waals surface area contributed by atoms with Crippen LogP contribution in [0.15, 0.2) is 30.3 Å². The van der Waals surface area contributed by atoms with E-state index in [0.29, 0.717) is 6.42 Å². The molecule has 5 heteroatoms. The van der Waals surface area contributed by atoms with Crippen LogP contribution in [0.3, 0.4) is 0 Å². The molecule has 1 aromatic carbocycles. The predicted molar refractivity (Wildman–Crippen MR) is 66.7 cm³/mol. The molecule has 0 aromatic heterocycles. The van der Waals surface area contributed by atoms with Crippen molar-refractivity contribution >= 4 is 5.97 Å². The molecule has 1 fully saturated rings. The lowest BCUT2D eigenvalue weighted by Gasteiger charge is -2.37. The van der Waals surface area contributed by atoms with Gasteiger partial charge in [-0.15, -0.1) is 0 Å². The van der Waals surface area contributed by atoms with Crippen molar-refractivity contribution in [1.82, 2.24) is 0 Å². The van der Waals surface area contributed by atoms with Crippen LogP contribution >= 0.6 is 0 Å². The molecule has 1 aromatic rings. The Labute approximate surface area is 112 Å². The lowest BCUT2D eigenvalue weighted by atomic mass is 9.90. The van der Waals surface area contributed by atoms with Gasteiger partial charge in [0.05, 0.1) is 6.61 Å². The fourth-order valence-corrected chi connectivity index (χ4v) is 2.10. The zero-order chi connectivity index (χ0) is 13.9. The van der Waals surface area contributed by atoms with Crippen molar-refractivity contribution in [3.8, 4) is 0 Å². The number of rotatable bonds is 3. The first kappa shape index (κ1) is 14.0. The third-order valence-corrected chi connectivity index (χ3v) is 3.17. The van der Waals surface area contributed by atoms with Crippen LogP contribution in [-0.2, 0) is 19.3 Å². The van der Waals surface area contributed by atoms with Crippen LogP contribution in [0.1, 0.15) is 31.9 Å². The Kier molecular flexibility index (Phi) is 4.19. The number of carbonyl (C=O) groups excluding carboxylic acids is 1. The summed E-state index contributed by atoms with van der Waals surface area (Å²) in [4.78, 5) is 22.0. The molecular formula is C14H18O5. The third kappa shape index (κ3) is 3.12. The Bertz CT molecular complexity index is 429. The lowest BCUT2D eigenvalue weighted by molar-refractivity contribution is -0.469. The third-order valence-electron chi connectivity index (χ3n) is 3.17. The Morgan fingerprint density at radius 2 is 2.16 bits per heavy atom. The molecule has 0 aliphatic carbocycles. The van der Waals surface area contributed by atoms with E-state index in [-0.39, 0.29) is 6.61 Å². The molecule has 5 nitrogen and oxygen atoms in total. The Morgan fingerprint density at radius 3 is 2.79 bits per heavy atom. The van der Waals surface area contributed by atoms with Crippen LogP contribution in [0.25, 0.3) is 0 Å². The van der Waals surface area contributed by atoms with Crippen LogP contribution in [0.4, 0.5) is 0 Å². The smallest absolute Gasteiger partial charge is 0.314 e. The molecule has 0 bridgehead atoms. The molecule has 1 aliphatic rings. The predicted octanol–water partition coefficient (Wildman–Crippen LogP) is 1.97. The summed E-state index contributed by atoms with van der Waals surface area (Å²) < 4.78 is 4.97. The highest BCUT2D eigenvalue weighted by atomic mass is 17.2. The summed E-state index contributed by atoms with van der Waals surface area (Å²) in [6.45, 7) is 3.39. The van der Waals surface area contributed by atoms with Crippen LogP contribution < -0.4 is 0 Å². The van der Waals surface area contributed by atoms with Gasteiger partial charge in [-0.1, -0.05) is 30.3 Å². The monoisotopic (exact) mass is 266 g/mol. The summed E-state index contributed by atoms with van der Waals surface area (Å²) in [7, 11) is 0. The number of esters is 1. The van der Waals surface area contributed by atoms with Crippen molar-refractivity contribution in [3.05, 3.63) is 35.9 Å². The lowest BCUT2D eigenvalue weighted by Crippen LogP contribution is -2.47. The van der Waals surface area contributed by atoms with Crippen molar-refractivity contribution in [1.29, 1.82) is 0 Å². The van der Waals surface area contributed by atoms with Gasteiger partial charge in [-0.3, -0.25) is 4.79 Å². The van der Waals surface area contributed by atoms with E-state index in [2.05, 4.69) is 0 Å². The first-order chi connectivity index (χ1) is 9.04. The maximum atomic E-state index is 11.9. The molecule has 2 rings (SSSR count). The maximum absolute atomic E-state index is 11.9. The number of hydrogen-bond donors (Lipinski definition) is 1. The van der Waals surface area contributed by atoms with E-state index in [0.717, 1.165) is 5.56 Å². The zero-order valence-electron chi connectivity index (χ0n) is 11.0. The minimum Gasteiger partial charge on any atom is -0.466 e. The van der Waals surface area contributed by atoms with Gasteiger partial charge in [-0.05, 0) is 25.8 Å². The average Bonchev–Trinajstić information content (AvgIpc) is 2.39. The van der Waals surface area contributed by atoms with Crippen LogP contribution in [-0.4, -0.2) is 23.5 Å². The number of benzene rings is 1. The van der Waals surface area contributed by atoms with Crippen molar-refractivity contribution in [2.24, 2.45) is 5.92 Å². The van der Waals surface area contributed by atoms with Gasteiger partial charge >= 0.3 is 5.97 Å². The number of carbonyl (C=O) groups is 1. The Hall–Kier alpha value is -1.43. The summed E-state index contributed by atoms with van der Waals surface area (Å²) >= 11 is 0.